The highest BCUT2D eigenvalue weighted by Gasteiger charge is 2.31. The molecule has 0 aromatic carbocycles. The molecule has 0 aliphatic carbocycles. The van der Waals surface area contributed by atoms with Crippen molar-refractivity contribution in [3.05, 3.63) is 40.7 Å². The smallest absolute Gasteiger partial charge is 0.430 e. The van der Waals surface area contributed by atoms with Gasteiger partial charge in [-0.2, -0.15) is 13.2 Å². The number of nitrogens with zero attached hydrogens (tertiary/aromatic N) is 1. The van der Waals surface area contributed by atoms with Crippen molar-refractivity contribution in [2.75, 3.05) is 13.2 Å². The molecule has 0 radical (unpaired) electrons. The van der Waals surface area contributed by atoms with Gasteiger partial charge in [0, 0.05) is 11.8 Å². The number of ether oxygens (including phenoxy) is 2. The topological polar surface area (TPSA) is 81.2 Å². The fourth-order valence-electron chi connectivity index (χ4n) is 3.43. The molecule has 3 N–H and O–H groups in total. The Bertz CT molecular complexity index is 953. The van der Waals surface area contributed by atoms with Crippen molar-refractivity contribution < 1.29 is 22.6 Å². The van der Waals surface area contributed by atoms with E-state index in [-0.39, 0.29) is 5.69 Å². The van der Waals surface area contributed by atoms with Crippen molar-refractivity contribution in [2.45, 2.75) is 58.0 Å². The minimum Gasteiger partial charge on any atom is -0.485 e. The number of nitrogens with one attached hydrogen (secondary N) is 1. The first-order chi connectivity index (χ1) is 15.3. The van der Waals surface area contributed by atoms with E-state index in [1.165, 1.54) is 38.2 Å². The molecule has 5 nitrogen and oxygen atoms in total. The van der Waals surface area contributed by atoms with Gasteiger partial charge in [0.1, 0.15) is 18.9 Å². The Labute approximate surface area is 190 Å². The number of halogens is 3. The van der Waals surface area contributed by atoms with Crippen LogP contribution in [0, 0.1) is 5.41 Å². The SMILES string of the molecule is CCCCCCCCc1sc(-c2ccc(C(=N)C=C(N)C(F)(F)F)nc2)c2c1OCCO2. The van der Waals surface area contributed by atoms with E-state index >= 15 is 0 Å². The Morgan fingerprint density at radius 3 is 2.47 bits per heavy atom. The molecular formula is C23H28F3N3O2S. The van der Waals surface area contributed by atoms with Crippen LogP contribution in [-0.2, 0) is 6.42 Å². The van der Waals surface area contributed by atoms with Crippen LogP contribution in [0.25, 0.3) is 10.4 Å². The molecule has 3 rings (SSSR count). The number of hydrogen-bond donors (Lipinski definition) is 2. The largest absolute Gasteiger partial charge is 0.485 e. The molecular weight excluding hydrogens is 439 g/mol. The number of pyridine rings is 1. The molecule has 0 fully saturated rings. The number of allylic oxidation sites excluding steroid dienone is 2. The molecule has 0 bridgehead atoms. The second kappa shape index (κ2) is 10.8. The van der Waals surface area contributed by atoms with Gasteiger partial charge in [-0.25, -0.2) is 0 Å². The van der Waals surface area contributed by atoms with Gasteiger partial charge in [0.2, 0.25) is 0 Å². The summed E-state index contributed by atoms with van der Waals surface area (Å²) in [6.07, 6.45) is 5.62. The molecule has 0 saturated carbocycles. The Hall–Kier alpha value is -2.55. The molecule has 0 amide bonds. The van der Waals surface area contributed by atoms with Gasteiger partial charge in [-0.15, -0.1) is 11.3 Å². The number of hydrogen-bond acceptors (Lipinski definition) is 6. The maximum Gasteiger partial charge on any atom is 0.430 e. The van der Waals surface area contributed by atoms with Gasteiger partial charge in [-0.3, -0.25) is 10.4 Å². The van der Waals surface area contributed by atoms with E-state index in [0.29, 0.717) is 25.0 Å². The summed E-state index contributed by atoms with van der Waals surface area (Å²) in [6.45, 7) is 3.18. The summed E-state index contributed by atoms with van der Waals surface area (Å²) >= 11 is 1.60. The first-order valence-electron chi connectivity index (χ1n) is 10.8. The molecule has 0 unspecified atom stereocenters. The van der Waals surface area contributed by atoms with Crippen molar-refractivity contribution in [3.8, 4) is 21.9 Å². The molecule has 0 spiro atoms. The molecule has 0 saturated heterocycles. The van der Waals surface area contributed by atoms with Crippen LogP contribution in [0.3, 0.4) is 0 Å². The monoisotopic (exact) mass is 467 g/mol. The predicted molar refractivity (Wildman–Crippen MR) is 121 cm³/mol. The zero-order valence-electron chi connectivity index (χ0n) is 18.1. The van der Waals surface area contributed by atoms with Gasteiger partial charge < -0.3 is 15.2 Å². The van der Waals surface area contributed by atoms with Gasteiger partial charge in [-0.1, -0.05) is 39.0 Å². The normalized spacial score (nSPS) is 13.9. The van der Waals surface area contributed by atoms with E-state index < -0.39 is 17.6 Å². The van der Waals surface area contributed by atoms with Crippen molar-refractivity contribution in [3.63, 3.8) is 0 Å². The summed E-state index contributed by atoms with van der Waals surface area (Å²) in [7, 11) is 0. The molecule has 0 atom stereocenters. The zero-order chi connectivity index (χ0) is 23.1. The molecule has 174 valence electrons. The highest BCUT2D eigenvalue weighted by molar-refractivity contribution is 7.16. The Morgan fingerprint density at radius 2 is 1.81 bits per heavy atom. The lowest BCUT2D eigenvalue weighted by Crippen LogP contribution is -2.20. The molecule has 2 aromatic heterocycles. The van der Waals surface area contributed by atoms with Crippen LogP contribution in [0.4, 0.5) is 13.2 Å². The number of alkyl halides is 3. The summed E-state index contributed by atoms with van der Waals surface area (Å²) in [5, 5.41) is 7.85. The second-order valence-electron chi connectivity index (χ2n) is 7.67. The standard InChI is InChI=1S/C23H28F3N3O2S/c1-2-3-4-5-6-7-8-18-20-21(31-12-11-30-20)22(32-18)15-9-10-17(29-14-15)16(27)13-19(28)23(24,25)26/h9-10,13-14,27H,2-8,11-12,28H2,1H3. The van der Waals surface area contributed by atoms with Crippen molar-refractivity contribution in [1.29, 1.82) is 5.41 Å². The molecule has 9 heteroatoms. The van der Waals surface area contributed by atoms with E-state index in [4.69, 9.17) is 20.6 Å². The molecule has 1 aliphatic rings. The van der Waals surface area contributed by atoms with E-state index in [0.717, 1.165) is 33.9 Å². The van der Waals surface area contributed by atoms with Gasteiger partial charge in [-0.05, 0) is 31.1 Å². The van der Waals surface area contributed by atoms with Crippen molar-refractivity contribution in [2.24, 2.45) is 5.73 Å². The van der Waals surface area contributed by atoms with Crippen LogP contribution in [0.5, 0.6) is 11.5 Å². The summed E-state index contributed by atoms with van der Waals surface area (Å²) in [5.41, 5.74) is 4.15. The third-order valence-electron chi connectivity index (χ3n) is 5.15. The molecule has 2 aromatic rings. The van der Waals surface area contributed by atoms with Gasteiger partial charge >= 0.3 is 6.18 Å². The minimum absolute atomic E-state index is 0.107. The van der Waals surface area contributed by atoms with Crippen LogP contribution >= 0.6 is 11.3 Å². The van der Waals surface area contributed by atoms with Crippen molar-refractivity contribution in [1.82, 2.24) is 4.98 Å². The first kappa shape index (κ1) is 24.1. The van der Waals surface area contributed by atoms with Crippen LogP contribution in [0.15, 0.2) is 30.1 Å². The average Bonchev–Trinajstić information content (AvgIpc) is 3.14. The summed E-state index contributed by atoms with van der Waals surface area (Å²) in [6, 6.07) is 3.24. The van der Waals surface area contributed by atoms with E-state index in [2.05, 4.69) is 11.9 Å². The minimum atomic E-state index is -4.67. The molecule has 32 heavy (non-hydrogen) atoms. The number of rotatable bonds is 10. The molecule has 1 aliphatic heterocycles. The lowest BCUT2D eigenvalue weighted by atomic mass is 10.1. The number of aryl methyl sites for hydroxylation is 1. The zero-order valence-corrected chi connectivity index (χ0v) is 18.9. The fraction of sp³-hybridized carbons (Fsp3) is 0.478. The van der Waals surface area contributed by atoms with E-state index in [1.54, 1.807) is 23.6 Å². The average molecular weight is 468 g/mol. The predicted octanol–water partition coefficient (Wildman–Crippen LogP) is 6.26. The lowest BCUT2D eigenvalue weighted by molar-refractivity contribution is -0.0925. The quantitative estimate of drug-likeness (QED) is 0.319. The number of nitrogens with two attached hydrogens (primary N) is 1. The van der Waals surface area contributed by atoms with Crippen LogP contribution in [0.1, 0.15) is 56.0 Å². The summed E-state index contributed by atoms with van der Waals surface area (Å²) < 4.78 is 49.6. The Balaban J connectivity index is 1.74. The first-order valence-corrected chi connectivity index (χ1v) is 11.6. The Morgan fingerprint density at radius 1 is 1.12 bits per heavy atom. The van der Waals surface area contributed by atoms with E-state index in [1.807, 2.05) is 0 Å². The van der Waals surface area contributed by atoms with Crippen LogP contribution < -0.4 is 15.2 Å². The number of aromatic nitrogens is 1. The highest BCUT2D eigenvalue weighted by Crippen LogP contribution is 2.49. The number of unbranched alkanes of at least 4 members (excludes halogenated alkanes) is 5. The van der Waals surface area contributed by atoms with Gasteiger partial charge in [0.05, 0.1) is 21.2 Å². The Kier molecular flexibility index (Phi) is 8.17. The molecule has 3 heterocycles. The summed E-state index contributed by atoms with van der Waals surface area (Å²) in [5.74, 6) is 1.50. The third-order valence-corrected chi connectivity index (χ3v) is 6.41. The fourth-order valence-corrected chi connectivity index (χ4v) is 4.65. The summed E-state index contributed by atoms with van der Waals surface area (Å²) in [4.78, 5) is 6.20. The van der Waals surface area contributed by atoms with Crippen molar-refractivity contribution >= 4 is 17.0 Å². The number of thiophene rings is 1. The van der Waals surface area contributed by atoms with Crippen LogP contribution in [0.2, 0.25) is 0 Å². The maximum absolute atomic E-state index is 12.6. The van der Waals surface area contributed by atoms with Crippen LogP contribution in [-0.4, -0.2) is 30.1 Å². The lowest BCUT2D eigenvalue weighted by Gasteiger charge is -2.17. The van der Waals surface area contributed by atoms with Gasteiger partial charge in [0.15, 0.2) is 11.5 Å². The maximum atomic E-state index is 12.6. The third kappa shape index (κ3) is 6.03. The van der Waals surface area contributed by atoms with E-state index in [9.17, 15) is 13.2 Å². The second-order valence-corrected chi connectivity index (χ2v) is 8.78. The van der Waals surface area contributed by atoms with Gasteiger partial charge in [0.25, 0.3) is 0 Å². The number of fused-ring (bicyclic) bond motifs is 1. The highest BCUT2D eigenvalue weighted by atomic mass is 32.1.